The van der Waals surface area contributed by atoms with Crippen LogP contribution < -0.4 is 0 Å². The lowest BCUT2D eigenvalue weighted by Gasteiger charge is -2.14. The molecule has 0 radical (unpaired) electrons. The normalized spacial score (nSPS) is 11.6. The van der Waals surface area contributed by atoms with Crippen molar-refractivity contribution in [1.82, 2.24) is 9.13 Å². The fourth-order valence-corrected chi connectivity index (χ4v) is 8.92. The first-order valence-corrected chi connectivity index (χ1v) is 16.9. The largest absolute Gasteiger partial charge is 0.309 e. The van der Waals surface area contributed by atoms with Crippen molar-refractivity contribution in [1.29, 1.82) is 5.26 Å². The van der Waals surface area contributed by atoms with Crippen LogP contribution in [-0.2, 0) is 0 Å². The van der Waals surface area contributed by atoms with Gasteiger partial charge in [-0.05, 0) is 59.7 Å². The SMILES string of the molecule is [C-]#[N+]c1cc(-n2c3ccccc3c3ccc4c5ccccc5sc4c32)ccc1-c1ccc(-n2c3ccccc3c3ccccc32)cc1C#N. The van der Waals surface area contributed by atoms with Gasteiger partial charge in [-0.2, -0.15) is 5.26 Å². The third-order valence-corrected chi connectivity index (χ3v) is 11.0. The summed E-state index contributed by atoms with van der Waals surface area (Å²) in [6.07, 6.45) is 0. The zero-order valence-corrected chi connectivity index (χ0v) is 26.9. The zero-order chi connectivity index (χ0) is 32.6. The summed E-state index contributed by atoms with van der Waals surface area (Å²) in [6.45, 7) is 8.28. The molecule has 0 saturated heterocycles. The molecular formula is C44H24N4S. The maximum atomic E-state index is 10.5. The van der Waals surface area contributed by atoms with Crippen LogP contribution in [-0.4, -0.2) is 9.13 Å². The van der Waals surface area contributed by atoms with Crippen LogP contribution in [0.5, 0.6) is 0 Å². The van der Waals surface area contributed by atoms with Gasteiger partial charge >= 0.3 is 0 Å². The van der Waals surface area contributed by atoms with Crippen LogP contribution in [0.1, 0.15) is 5.56 Å². The Morgan fingerprint density at radius 1 is 0.531 bits per heavy atom. The topological polar surface area (TPSA) is 38.0 Å². The molecule has 10 aromatic rings. The van der Waals surface area contributed by atoms with E-state index in [4.69, 9.17) is 6.57 Å². The minimum Gasteiger partial charge on any atom is -0.309 e. The van der Waals surface area contributed by atoms with Gasteiger partial charge in [-0.15, -0.1) is 11.3 Å². The molecule has 0 saturated carbocycles. The lowest BCUT2D eigenvalue weighted by Crippen LogP contribution is -1.97. The smallest absolute Gasteiger partial charge is 0.197 e. The summed E-state index contributed by atoms with van der Waals surface area (Å²) in [5.74, 6) is 0. The molecule has 10 rings (SSSR count). The number of nitrogens with zero attached hydrogens (tertiary/aromatic N) is 4. The van der Waals surface area contributed by atoms with Crippen LogP contribution in [0.2, 0.25) is 0 Å². The van der Waals surface area contributed by atoms with Crippen molar-refractivity contribution in [3.05, 3.63) is 163 Å². The average Bonchev–Trinajstić information content (AvgIpc) is 3.82. The summed E-state index contributed by atoms with van der Waals surface area (Å²) < 4.78 is 7.01. The predicted octanol–water partition coefficient (Wildman–Crippen LogP) is 12.3. The number of hydrogen-bond donors (Lipinski definition) is 0. The maximum absolute atomic E-state index is 10.5. The van der Waals surface area contributed by atoms with Crippen LogP contribution in [0.3, 0.4) is 0 Å². The van der Waals surface area contributed by atoms with E-state index in [9.17, 15) is 5.26 Å². The Balaban J connectivity index is 1.17. The van der Waals surface area contributed by atoms with Crippen molar-refractivity contribution in [2.75, 3.05) is 0 Å². The molecule has 5 heteroatoms. The molecule has 7 aromatic carbocycles. The Hall–Kier alpha value is -6.66. The van der Waals surface area contributed by atoms with Crippen LogP contribution in [0.25, 0.3) is 91.1 Å². The molecule has 0 amide bonds. The highest BCUT2D eigenvalue weighted by molar-refractivity contribution is 7.26. The number of rotatable bonds is 3. The van der Waals surface area contributed by atoms with Gasteiger partial charge in [-0.3, -0.25) is 0 Å². The predicted molar refractivity (Wildman–Crippen MR) is 204 cm³/mol. The molecular weight excluding hydrogens is 617 g/mol. The van der Waals surface area contributed by atoms with Crippen LogP contribution in [0, 0.1) is 17.9 Å². The third kappa shape index (κ3) is 3.88. The molecule has 0 aliphatic carbocycles. The Morgan fingerprint density at radius 2 is 1.08 bits per heavy atom. The van der Waals surface area contributed by atoms with Gasteiger partial charge in [0.05, 0.1) is 45.0 Å². The standard InChI is InChI=1S/C44H24N4S/c1-46-38-25-29(48-41-16-8-4-12-34(41)36-22-23-37-35-13-5-9-17-42(35)49-44(37)43(36)48)19-21-31(38)30-20-18-28(24-27(30)26-45)47-39-14-6-2-10-32(39)33-11-3-7-15-40(33)47/h2-25H. The molecule has 0 spiro atoms. The van der Waals surface area contributed by atoms with E-state index in [2.05, 4.69) is 129 Å². The van der Waals surface area contributed by atoms with E-state index in [-0.39, 0.29) is 0 Å². The van der Waals surface area contributed by atoms with Gasteiger partial charge in [-0.1, -0.05) is 97.1 Å². The van der Waals surface area contributed by atoms with E-state index in [1.807, 2.05) is 47.7 Å². The average molecular weight is 641 g/mol. The Kier molecular flexibility index (Phi) is 5.84. The molecule has 0 fully saturated rings. The first kappa shape index (κ1) is 27.5. The molecule has 0 unspecified atom stereocenters. The van der Waals surface area contributed by atoms with Gasteiger partial charge < -0.3 is 9.13 Å². The van der Waals surface area contributed by atoms with Gasteiger partial charge in [0.1, 0.15) is 0 Å². The van der Waals surface area contributed by atoms with Crippen molar-refractivity contribution in [2.24, 2.45) is 0 Å². The number of para-hydroxylation sites is 3. The molecule has 0 aliphatic heterocycles. The van der Waals surface area contributed by atoms with Crippen molar-refractivity contribution in [3.8, 4) is 28.6 Å². The maximum Gasteiger partial charge on any atom is 0.197 e. The number of hydrogen-bond acceptors (Lipinski definition) is 2. The summed E-state index contributed by atoms with van der Waals surface area (Å²) in [4.78, 5) is 4.03. The highest BCUT2D eigenvalue weighted by atomic mass is 32.1. The van der Waals surface area contributed by atoms with Crippen molar-refractivity contribution < 1.29 is 0 Å². The number of nitriles is 1. The Bertz CT molecular complexity index is 3030. The monoisotopic (exact) mass is 640 g/mol. The highest BCUT2D eigenvalue weighted by Crippen LogP contribution is 2.44. The molecule has 226 valence electrons. The van der Waals surface area contributed by atoms with Crippen LogP contribution >= 0.6 is 11.3 Å². The first-order chi connectivity index (χ1) is 24.2. The summed E-state index contributed by atoms with van der Waals surface area (Å²) in [5.41, 5.74) is 8.79. The quantitative estimate of drug-likeness (QED) is 0.177. The summed E-state index contributed by atoms with van der Waals surface area (Å²) >= 11 is 1.81. The number of benzene rings is 7. The summed E-state index contributed by atoms with van der Waals surface area (Å²) in [5, 5.41) is 17.7. The van der Waals surface area contributed by atoms with Gasteiger partial charge in [-0.25, -0.2) is 4.85 Å². The van der Waals surface area contributed by atoms with E-state index in [1.54, 1.807) is 0 Å². The van der Waals surface area contributed by atoms with Crippen LogP contribution in [0.15, 0.2) is 146 Å². The minimum atomic E-state index is 0.507. The van der Waals surface area contributed by atoms with Gasteiger partial charge in [0, 0.05) is 48.4 Å². The van der Waals surface area contributed by atoms with E-state index >= 15 is 0 Å². The van der Waals surface area contributed by atoms with Crippen LogP contribution in [0.4, 0.5) is 5.69 Å². The van der Waals surface area contributed by atoms with E-state index < -0.39 is 0 Å². The van der Waals surface area contributed by atoms with Crippen molar-refractivity contribution >= 4 is 80.8 Å². The zero-order valence-electron chi connectivity index (χ0n) is 26.1. The first-order valence-electron chi connectivity index (χ1n) is 16.1. The van der Waals surface area contributed by atoms with E-state index in [0.29, 0.717) is 11.3 Å². The fourth-order valence-electron chi connectivity index (χ4n) is 7.68. The Morgan fingerprint density at radius 3 is 1.76 bits per heavy atom. The highest BCUT2D eigenvalue weighted by Gasteiger charge is 2.20. The van der Waals surface area contributed by atoms with E-state index in [0.717, 1.165) is 44.6 Å². The molecule has 0 N–H and O–H groups in total. The second-order valence-corrected chi connectivity index (χ2v) is 13.4. The van der Waals surface area contributed by atoms with Crippen molar-refractivity contribution in [3.63, 3.8) is 0 Å². The molecule has 0 aliphatic rings. The number of fused-ring (bicyclic) bond motifs is 10. The second-order valence-electron chi connectivity index (χ2n) is 12.3. The fraction of sp³-hybridized carbons (Fsp3) is 0. The van der Waals surface area contributed by atoms with Gasteiger partial charge in [0.2, 0.25) is 0 Å². The molecule has 0 atom stereocenters. The second kappa shape index (κ2) is 10.4. The van der Waals surface area contributed by atoms with Gasteiger partial charge in [0.25, 0.3) is 0 Å². The van der Waals surface area contributed by atoms with Crippen molar-refractivity contribution in [2.45, 2.75) is 0 Å². The molecule has 49 heavy (non-hydrogen) atoms. The van der Waals surface area contributed by atoms with E-state index in [1.165, 1.54) is 41.7 Å². The molecule has 3 aromatic heterocycles. The summed E-state index contributed by atoms with van der Waals surface area (Å²) in [6, 6.07) is 52.8. The molecule has 4 nitrogen and oxygen atoms in total. The molecule has 3 heterocycles. The van der Waals surface area contributed by atoms with Gasteiger partial charge in [0.15, 0.2) is 5.69 Å². The lowest BCUT2D eigenvalue weighted by molar-refractivity contribution is 1.18. The molecule has 0 bridgehead atoms. The Labute approximate surface area is 285 Å². The third-order valence-electron chi connectivity index (χ3n) is 9.79. The minimum absolute atomic E-state index is 0.507. The lowest BCUT2D eigenvalue weighted by atomic mass is 9.97. The number of aromatic nitrogens is 2. The summed E-state index contributed by atoms with van der Waals surface area (Å²) in [7, 11) is 0. The number of thiophene rings is 1.